The second kappa shape index (κ2) is 12.2. The van der Waals surface area contributed by atoms with Crippen LogP contribution in [0, 0.1) is 70.2 Å². The molecule has 0 unspecified atom stereocenters. The maximum Gasteiger partial charge on any atom is 0.205 e. The molecule has 10 heteroatoms. The molecule has 0 N–H and O–H groups in total. The van der Waals surface area contributed by atoms with E-state index in [1.807, 2.05) is 0 Å². The molecular weight excluding hydrogens is 472 g/mol. The zero-order chi connectivity index (χ0) is 25.4. The largest absolute Gasteiger partial charge is 0.491 e. The lowest BCUT2D eigenvalue weighted by Crippen LogP contribution is -2.04. The first-order valence-corrected chi connectivity index (χ1v) is 9.94. The fourth-order valence-corrected chi connectivity index (χ4v) is 2.88. The fourth-order valence-electron chi connectivity index (χ4n) is 2.88. The predicted molar refractivity (Wildman–Crippen MR) is 107 cm³/mol. The normalized spacial score (nSPS) is 10.3. The third kappa shape index (κ3) is 5.74. The van der Waals surface area contributed by atoms with Crippen LogP contribution in [0.2, 0.25) is 0 Å². The summed E-state index contributed by atoms with van der Waals surface area (Å²) in [7, 11) is 1.74. The minimum Gasteiger partial charge on any atom is -0.491 e. The first kappa shape index (κ1) is 26.8. The molecule has 0 radical (unpaired) electrons. The lowest BCUT2D eigenvalue weighted by Gasteiger charge is -2.07. The van der Waals surface area contributed by atoms with Crippen molar-refractivity contribution in [3.05, 3.63) is 57.7 Å². The Bertz CT molecular complexity index is 1030. The van der Waals surface area contributed by atoms with Gasteiger partial charge >= 0.3 is 0 Å². The van der Waals surface area contributed by atoms with Crippen LogP contribution in [-0.4, -0.2) is 14.2 Å². The van der Waals surface area contributed by atoms with Crippen LogP contribution in [0.5, 0.6) is 11.5 Å². The number of benzene rings is 2. The van der Waals surface area contributed by atoms with Crippen molar-refractivity contribution in [2.45, 2.75) is 38.5 Å². The van der Waals surface area contributed by atoms with E-state index in [-0.39, 0.29) is 12.8 Å². The van der Waals surface area contributed by atoms with E-state index in [9.17, 15) is 35.1 Å². The number of rotatable bonds is 7. The summed E-state index contributed by atoms with van der Waals surface area (Å²) in [6, 6.07) is 0. The number of hydrogen-bond donors (Lipinski definition) is 0. The minimum atomic E-state index is -1.67. The van der Waals surface area contributed by atoms with E-state index in [0.29, 0.717) is 25.7 Å². The van der Waals surface area contributed by atoms with Crippen molar-refractivity contribution in [3.8, 4) is 35.2 Å². The molecule has 0 saturated carbocycles. The van der Waals surface area contributed by atoms with Gasteiger partial charge in [-0.1, -0.05) is 36.5 Å². The Labute approximate surface area is 190 Å². The molecule has 0 aromatic heterocycles. The molecule has 0 atom stereocenters. The molecule has 182 valence electrons. The lowest BCUT2D eigenvalue weighted by molar-refractivity contribution is 0.331. The van der Waals surface area contributed by atoms with Crippen molar-refractivity contribution in [2.75, 3.05) is 14.2 Å². The lowest BCUT2D eigenvalue weighted by atomic mass is 10.1. The summed E-state index contributed by atoms with van der Waals surface area (Å²) in [6.07, 6.45) is 2.54. The van der Waals surface area contributed by atoms with E-state index >= 15 is 0 Å². The van der Waals surface area contributed by atoms with Crippen LogP contribution in [-0.2, 0) is 0 Å². The molecule has 2 nitrogen and oxygen atoms in total. The molecule has 2 rings (SSSR count). The highest BCUT2D eigenvalue weighted by molar-refractivity contribution is 5.44. The van der Waals surface area contributed by atoms with Gasteiger partial charge < -0.3 is 9.47 Å². The van der Waals surface area contributed by atoms with Gasteiger partial charge in [-0.3, -0.25) is 0 Å². The highest BCUT2D eigenvalue weighted by Crippen LogP contribution is 2.30. The summed E-state index contributed by atoms with van der Waals surface area (Å²) in [5.74, 6) is -6.61. The van der Waals surface area contributed by atoms with Crippen molar-refractivity contribution in [2.24, 2.45) is 0 Å². The Balaban J connectivity index is 1.85. The van der Waals surface area contributed by atoms with Gasteiger partial charge in [-0.15, -0.1) is 0 Å². The predicted octanol–water partition coefficient (Wildman–Crippen LogP) is 6.56. The zero-order valence-corrected chi connectivity index (χ0v) is 18.1. The fraction of sp³-hybridized carbons (Fsp3) is 0.333. The van der Waals surface area contributed by atoms with Crippen LogP contribution in [0.4, 0.5) is 35.1 Å². The van der Waals surface area contributed by atoms with Crippen LogP contribution in [0.1, 0.15) is 49.7 Å². The van der Waals surface area contributed by atoms with Crippen molar-refractivity contribution >= 4 is 0 Å². The Morgan fingerprint density at radius 3 is 1.03 bits per heavy atom. The average Bonchev–Trinajstić information content (AvgIpc) is 2.82. The summed E-state index contributed by atoms with van der Waals surface area (Å²) >= 11 is 0. The average molecular weight is 490 g/mol. The van der Waals surface area contributed by atoms with Crippen molar-refractivity contribution in [3.63, 3.8) is 0 Å². The van der Waals surface area contributed by atoms with Crippen LogP contribution in [0.15, 0.2) is 0 Å². The van der Waals surface area contributed by atoms with E-state index in [1.165, 1.54) is 0 Å². The molecular formula is C24H18F8O2. The highest BCUT2D eigenvalue weighted by atomic mass is 19.2. The quantitative estimate of drug-likeness (QED) is 0.189. The van der Waals surface area contributed by atoms with Crippen LogP contribution < -0.4 is 9.47 Å². The molecule has 0 heterocycles. The number of hydrogen-bond acceptors (Lipinski definition) is 2. The first-order valence-electron chi connectivity index (χ1n) is 9.94. The SMILES string of the molecule is COc1c(F)c(F)c(C#CCCCCCCC#Cc2c(F)c(F)c(OC)c(F)c2F)c(F)c1F. The second-order valence-electron chi connectivity index (χ2n) is 6.85. The van der Waals surface area contributed by atoms with Crippen molar-refractivity contribution < 1.29 is 44.6 Å². The highest BCUT2D eigenvalue weighted by Gasteiger charge is 2.26. The van der Waals surface area contributed by atoms with Gasteiger partial charge in [-0.2, -0.15) is 17.6 Å². The third-order valence-electron chi connectivity index (χ3n) is 4.63. The number of unbranched alkanes of at least 4 members (excludes halogenated alkanes) is 5. The molecule has 34 heavy (non-hydrogen) atoms. The number of halogens is 8. The van der Waals surface area contributed by atoms with Gasteiger partial charge in [0.1, 0.15) is 11.1 Å². The summed E-state index contributed by atoms with van der Waals surface area (Å²) in [6.45, 7) is 0. The maximum absolute atomic E-state index is 13.8. The van der Waals surface area contributed by atoms with E-state index in [2.05, 4.69) is 33.2 Å². The van der Waals surface area contributed by atoms with Gasteiger partial charge in [-0.05, 0) is 12.8 Å². The number of methoxy groups -OCH3 is 2. The minimum absolute atomic E-state index is 0.181. The zero-order valence-electron chi connectivity index (χ0n) is 18.1. The molecule has 0 bridgehead atoms. The molecule has 0 aliphatic heterocycles. The van der Waals surface area contributed by atoms with Gasteiger partial charge in [0.15, 0.2) is 34.8 Å². The Hall–Kier alpha value is -3.40. The molecule has 0 spiro atoms. The summed E-state index contributed by atoms with van der Waals surface area (Å²) in [5, 5.41) is 0. The third-order valence-corrected chi connectivity index (χ3v) is 4.63. The van der Waals surface area contributed by atoms with E-state index in [0.717, 1.165) is 14.2 Å². The molecule has 0 saturated heterocycles. The molecule has 2 aromatic carbocycles. The van der Waals surface area contributed by atoms with Crippen molar-refractivity contribution in [1.82, 2.24) is 0 Å². The summed E-state index contributed by atoms with van der Waals surface area (Å²) in [4.78, 5) is 0. The first-order chi connectivity index (χ1) is 16.2. The maximum atomic E-state index is 13.8. The van der Waals surface area contributed by atoms with Crippen LogP contribution in [0.25, 0.3) is 0 Å². The van der Waals surface area contributed by atoms with Gasteiger partial charge in [0, 0.05) is 12.8 Å². The van der Waals surface area contributed by atoms with Gasteiger partial charge in [-0.25, -0.2) is 17.6 Å². The van der Waals surface area contributed by atoms with Crippen molar-refractivity contribution in [1.29, 1.82) is 0 Å². The molecule has 0 fully saturated rings. The summed E-state index contributed by atoms with van der Waals surface area (Å²) in [5.41, 5.74) is -2.06. The smallest absolute Gasteiger partial charge is 0.205 e. The van der Waals surface area contributed by atoms with E-state index in [1.54, 1.807) is 0 Å². The van der Waals surface area contributed by atoms with Gasteiger partial charge in [0.25, 0.3) is 0 Å². The topological polar surface area (TPSA) is 18.5 Å². The molecule has 0 aliphatic rings. The van der Waals surface area contributed by atoms with Gasteiger partial charge in [0.05, 0.1) is 14.2 Å². The van der Waals surface area contributed by atoms with E-state index < -0.39 is 69.2 Å². The summed E-state index contributed by atoms with van der Waals surface area (Å²) < 4.78 is 118. The molecule has 0 aliphatic carbocycles. The number of ether oxygens (including phenoxy) is 2. The monoisotopic (exact) mass is 490 g/mol. The standard InChI is InChI=1S/C24H18F8O2/c1-33-23-19(29)15(25)13(16(26)20(23)30)11-9-7-5-3-4-6-8-10-12-14-17(27)21(31)24(34-2)22(32)18(14)28/h3-8H2,1-2H3. The molecule has 2 aromatic rings. The van der Waals surface area contributed by atoms with E-state index in [4.69, 9.17) is 0 Å². The Morgan fingerprint density at radius 2 is 0.765 bits per heavy atom. The Kier molecular flexibility index (Phi) is 9.61. The Morgan fingerprint density at radius 1 is 0.471 bits per heavy atom. The molecule has 0 amide bonds. The van der Waals surface area contributed by atoms with Crippen LogP contribution in [0.3, 0.4) is 0 Å². The van der Waals surface area contributed by atoms with Crippen LogP contribution >= 0.6 is 0 Å². The van der Waals surface area contributed by atoms with Gasteiger partial charge in [0.2, 0.25) is 23.3 Å². The second-order valence-corrected chi connectivity index (χ2v) is 6.85.